The fourth-order valence-electron chi connectivity index (χ4n) is 3.55. The van der Waals surface area contributed by atoms with E-state index in [0.717, 1.165) is 30.1 Å². The SMILES string of the molecule is Cn1cc(-c2cc(CN3CCN(C(C)(C)C)c4ccccc43)on2)cn1. The van der Waals surface area contributed by atoms with Gasteiger partial charge in [-0.15, -0.1) is 0 Å². The Balaban J connectivity index is 1.58. The number of benzene rings is 1. The van der Waals surface area contributed by atoms with Crippen molar-refractivity contribution in [2.75, 3.05) is 22.9 Å². The number of hydrogen-bond acceptors (Lipinski definition) is 5. The maximum Gasteiger partial charge on any atom is 0.156 e. The van der Waals surface area contributed by atoms with E-state index >= 15 is 0 Å². The Labute approximate surface area is 154 Å². The van der Waals surface area contributed by atoms with Crippen LogP contribution in [0, 0.1) is 0 Å². The molecular weight excluding hydrogens is 326 g/mol. The first-order chi connectivity index (χ1) is 12.4. The van der Waals surface area contributed by atoms with Crippen LogP contribution < -0.4 is 9.80 Å². The summed E-state index contributed by atoms with van der Waals surface area (Å²) in [6, 6.07) is 10.6. The van der Waals surface area contributed by atoms with Crippen LogP contribution in [0.25, 0.3) is 11.3 Å². The van der Waals surface area contributed by atoms with Crippen LogP contribution >= 0.6 is 0 Å². The lowest BCUT2D eigenvalue weighted by Gasteiger charge is -2.45. The molecule has 0 unspecified atom stereocenters. The Morgan fingerprint density at radius 2 is 1.88 bits per heavy atom. The summed E-state index contributed by atoms with van der Waals surface area (Å²) in [6.45, 7) is 9.44. The maximum absolute atomic E-state index is 5.60. The van der Waals surface area contributed by atoms with Crippen molar-refractivity contribution >= 4 is 11.4 Å². The zero-order valence-corrected chi connectivity index (χ0v) is 15.8. The summed E-state index contributed by atoms with van der Waals surface area (Å²) in [5.41, 5.74) is 4.42. The first kappa shape index (κ1) is 16.7. The molecule has 4 rings (SSSR count). The summed E-state index contributed by atoms with van der Waals surface area (Å²) >= 11 is 0. The topological polar surface area (TPSA) is 50.3 Å². The smallest absolute Gasteiger partial charge is 0.156 e. The van der Waals surface area contributed by atoms with Crippen LogP contribution in [0.3, 0.4) is 0 Å². The number of aryl methyl sites for hydroxylation is 1. The number of fused-ring (bicyclic) bond motifs is 1. The van der Waals surface area contributed by atoms with Gasteiger partial charge in [0.15, 0.2) is 5.76 Å². The summed E-state index contributed by atoms with van der Waals surface area (Å²) in [7, 11) is 1.90. The molecule has 3 heterocycles. The van der Waals surface area contributed by atoms with E-state index in [1.165, 1.54) is 11.4 Å². The van der Waals surface area contributed by atoms with Gasteiger partial charge in [-0.1, -0.05) is 17.3 Å². The average molecular weight is 351 g/mol. The minimum atomic E-state index is 0.0991. The molecule has 3 aromatic rings. The molecule has 6 nitrogen and oxygen atoms in total. The average Bonchev–Trinajstić information content (AvgIpc) is 3.23. The third kappa shape index (κ3) is 3.07. The van der Waals surface area contributed by atoms with Gasteiger partial charge in [0.1, 0.15) is 5.69 Å². The fraction of sp³-hybridized carbons (Fsp3) is 0.400. The Kier molecular flexibility index (Phi) is 3.98. The van der Waals surface area contributed by atoms with Crippen molar-refractivity contribution in [1.82, 2.24) is 14.9 Å². The molecule has 1 aliphatic rings. The van der Waals surface area contributed by atoms with Crippen LogP contribution in [0.4, 0.5) is 11.4 Å². The number of aromatic nitrogens is 3. The zero-order chi connectivity index (χ0) is 18.3. The monoisotopic (exact) mass is 351 g/mol. The third-order valence-corrected chi connectivity index (χ3v) is 4.82. The maximum atomic E-state index is 5.60. The van der Waals surface area contributed by atoms with Gasteiger partial charge in [0.25, 0.3) is 0 Å². The lowest BCUT2D eigenvalue weighted by atomic mass is 10.0. The number of nitrogens with zero attached hydrogens (tertiary/aromatic N) is 5. The van der Waals surface area contributed by atoms with Crippen LogP contribution in [-0.2, 0) is 13.6 Å². The zero-order valence-electron chi connectivity index (χ0n) is 15.8. The predicted molar refractivity (Wildman–Crippen MR) is 103 cm³/mol. The minimum absolute atomic E-state index is 0.0991. The van der Waals surface area contributed by atoms with Gasteiger partial charge in [-0.05, 0) is 32.9 Å². The van der Waals surface area contributed by atoms with E-state index in [1.807, 2.05) is 19.3 Å². The van der Waals surface area contributed by atoms with Gasteiger partial charge in [0.05, 0.1) is 24.1 Å². The predicted octanol–water partition coefficient (Wildman–Crippen LogP) is 3.70. The standard InChI is InChI=1S/C20H25N5O/c1-20(2,3)25-10-9-24(18-7-5-6-8-19(18)25)14-16-11-17(22-26-16)15-12-21-23(4)13-15/h5-8,11-13H,9-10,14H2,1-4H3. The van der Waals surface area contributed by atoms with Crippen molar-refractivity contribution in [3.63, 3.8) is 0 Å². The largest absolute Gasteiger partial charge is 0.363 e. The summed E-state index contributed by atoms with van der Waals surface area (Å²) in [6.07, 6.45) is 3.75. The molecule has 0 amide bonds. The molecular formula is C20H25N5O. The van der Waals surface area contributed by atoms with Crippen molar-refractivity contribution < 1.29 is 4.52 Å². The van der Waals surface area contributed by atoms with Crippen LogP contribution in [0.5, 0.6) is 0 Å². The van der Waals surface area contributed by atoms with E-state index in [2.05, 4.69) is 65.1 Å². The highest BCUT2D eigenvalue weighted by atomic mass is 16.5. The molecule has 0 saturated heterocycles. The van der Waals surface area contributed by atoms with Crippen molar-refractivity contribution in [2.45, 2.75) is 32.9 Å². The summed E-state index contributed by atoms with van der Waals surface area (Å²) in [4.78, 5) is 4.84. The van der Waals surface area contributed by atoms with Crippen LogP contribution in [-0.4, -0.2) is 33.6 Å². The molecule has 0 fully saturated rings. The molecule has 0 atom stereocenters. The lowest BCUT2D eigenvalue weighted by Crippen LogP contribution is -2.49. The van der Waals surface area contributed by atoms with Gasteiger partial charge in [-0.25, -0.2) is 0 Å². The molecule has 26 heavy (non-hydrogen) atoms. The molecule has 1 aromatic carbocycles. The van der Waals surface area contributed by atoms with Gasteiger partial charge in [0, 0.05) is 43.5 Å². The molecule has 0 radical (unpaired) electrons. The molecule has 1 aliphatic heterocycles. The molecule has 0 aliphatic carbocycles. The number of hydrogen-bond donors (Lipinski definition) is 0. The molecule has 136 valence electrons. The Morgan fingerprint density at radius 1 is 1.12 bits per heavy atom. The quantitative estimate of drug-likeness (QED) is 0.720. The summed E-state index contributed by atoms with van der Waals surface area (Å²) in [5, 5.41) is 8.41. The van der Waals surface area contributed by atoms with E-state index in [9.17, 15) is 0 Å². The van der Waals surface area contributed by atoms with Gasteiger partial charge in [-0.3, -0.25) is 4.68 Å². The molecule has 0 N–H and O–H groups in total. The van der Waals surface area contributed by atoms with Crippen LogP contribution in [0.15, 0.2) is 47.2 Å². The first-order valence-electron chi connectivity index (χ1n) is 8.98. The highest BCUT2D eigenvalue weighted by Crippen LogP contribution is 2.37. The second-order valence-electron chi connectivity index (χ2n) is 7.81. The highest BCUT2D eigenvalue weighted by Gasteiger charge is 2.29. The second-order valence-corrected chi connectivity index (χ2v) is 7.81. The number of anilines is 2. The Morgan fingerprint density at radius 3 is 2.58 bits per heavy atom. The van der Waals surface area contributed by atoms with Gasteiger partial charge in [-0.2, -0.15) is 5.10 Å². The van der Waals surface area contributed by atoms with Gasteiger partial charge < -0.3 is 14.3 Å². The molecule has 0 spiro atoms. The van der Waals surface area contributed by atoms with Crippen molar-refractivity contribution in [3.8, 4) is 11.3 Å². The normalized spacial score (nSPS) is 14.6. The molecule has 0 bridgehead atoms. The van der Waals surface area contributed by atoms with E-state index in [1.54, 1.807) is 10.9 Å². The van der Waals surface area contributed by atoms with E-state index < -0.39 is 0 Å². The van der Waals surface area contributed by atoms with Gasteiger partial charge >= 0.3 is 0 Å². The minimum Gasteiger partial charge on any atom is -0.363 e. The fourth-order valence-corrected chi connectivity index (χ4v) is 3.55. The Bertz CT molecular complexity index is 905. The molecule has 2 aromatic heterocycles. The Hall–Kier alpha value is -2.76. The highest BCUT2D eigenvalue weighted by molar-refractivity contribution is 5.74. The van der Waals surface area contributed by atoms with E-state index in [0.29, 0.717) is 6.54 Å². The summed E-state index contributed by atoms with van der Waals surface area (Å²) in [5.74, 6) is 0.864. The lowest BCUT2D eigenvalue weighted by molar-refractivity contribution is 0.381. The van der Waals surface area contributed by atoms with Gasteiger partial charge in [0.2, 0.25) is 0 Å². The molecule has 0 saturated carbocycles. The van der Waals surface area contributed by atoms with Crippen molar-refractivity contribution in [1.29, 1.82) is 0 Å². The van der Waals surface area contributed by atoms with Crippen LogP contribution in [0.1, 0.15) is 26.5 Å². The number of rotatable bonds is 3. The van der Waals surface area contributed by atoms with Crippen molar-refractivity contribution in [3.05, 3.63) is 48.5 Å². The van der Waals surface area contributed by atoms with E-state index in [-0.39, 0.29) is 5.54 Å². The second kappa shape index (κ2) is 6.20. The van der Waals surface area contributed by atoms with Crippen LogP contribution in [0.2, 0.25) is 0 Å². The van der Waals surface area contributed by atoms with Crippen molar-refractivity contribution in [2.24, 2.45) is 7.05 Å². The van der Waals surface area contributed by atoms with E-state index in [4.69, 9.17) is 4.52 Å². The molecule has 6 heteroatoms. The first-order valence-corrected chi connectivity index (χ1v) is 8.98. The number of para-hydroxylation sites is 2. The third-order valence-electron chi connectivity index (χ3n) is 4.82. The summed E-state index contributed by atoms with van der Waals surface area (Å²) < 4.78 is 7.37.